The molecule has 2 aromatic heterocycles. The van der Waals surface area contributed by atoms with Crippen LogP contribution >= 0.6 is 0 Å². The third-order valence-electron chi connectivity index (χ3n) is 8.20. The van der Waals surface area contributed by atoms with Gasteiger partial charge in [0.15, 0.2) is 5.82 Å². The molecule has 0 atom stereocenters. The zero-order chi connectivity index (χ0) is 29.6. The summed E-state index contributed by atoms with van der Waals surface area (Å²) in [6.45, 7) is 11.5. The number of aliphatic hydroxyl groups is 1. The number of hydrogen-bond donors (Lipinski definition) is 2. The lowest BCUT2D eigenvalue weighted by Gasteiger charge is -2.38. The minimum absolute atomic E-state index is 0.329. The van der Waals surface area contributed by atoms with Gasteiger partial charge in [0, 0.05) is 44.8 Å². The van der Waals surface area contributed by atoms with Gasteiger partial charge in [-0.05, 0) is 62.1 Å². The van der Waals surface area contributed by atoms with Crippen LogP contribution in [0.25, 0.3) is 16.9 Å². The second-order valence-electron chi connectivity index (χ2n) is 12.0. The Morgan fingerprint density at radius 1 is 1.10 bits per heavy atom. The fraction of sp³-hybridized carbons (Fsp3) is 0.581. The highest BCUT2D eigenvalue weighted by atomic mass is 19.3. The molecule has 1 aliphatic carbocycles. The van der Waals surface area contributed by atoms with Gasteiger partial charge in [-0.15, -0.1) is 0 Å². The SMILES string of the molecule is C/C(=C\O)CN(CC(C)C)C1CCC(CNc2nc(N3CCOCC3)cc(-n3c(C(F)F)nc4ccccc43)n2)CC1. The molecule has 42 heavy (non-hydrogen) atoms. The molecule has 0 amide bonds. The van der Waals surface area contributed by atoms with Crippen LogP contribution in [0.5, 0.6) is 0 Å². The van der Waals surface area contributed by atoms with Crippen molar-refractivity contribution in [2.45, 2.75) is 58.9 Å². The summed E-state index contributed by atoms with van der Waals surface area (Å²) in [5.41, 5.74) is 2.07. The summed E-state index contributed by atoms with van der Waals surface area (Å²) in [6.07, 6.45) is 2.81. The predicted molar refractivity (Wildman–Crippen MR) is 162 cm³/mol. The van der Waals surface area contributed by atoms with Crippen molar-refractivity contribution in [1.29, 1.82) is 0 Å². The van der Waals surface area contributed by atoms with Crippen LogP contribution in [0.3, 0.4) is 0 Å². The van der Waals surface area contributed by atoms with Crippen LogP contribution in [0, 0.1) is 11.8 Å². The average molecular weight is 584 g/mol. The van der Waals surface area contributed by atoms with Crippen LogP contribution in [-0.2, 0) is 4.74 Å². The molecule has 3 aromatic rings. The molecule has 5 rings (SSSR count). The van der Waals surface area contributed by atoms with Crippen molar-refractivity contribution >= 4 is 22.8 Å². The molecule has 0 bridgehead atoms. The Balaban J connectivity index is 1.34. The Hall–Kier alpha value is -3.31. The minimum Gasteiger partial charge on any atom is -0.516 e. The molecule has 3 heterocycles. The number of benzene rings is 1. The van der Waals surface area contributed by atoms with Crippen LogP contribution in [0.15, 0.2) is 42.2 Å². The highest BCUT2D eigenvalue weighted by molar-refractivity contribution is 5.78. The van der Waals surface area contributed by atoms with Gasteiger partial charge in [0.25, 0.3) is 6.43 Å². The summed E-state index contributed by atoms with van der Waals surface area (Å²) in [4.78, 5) is 18.4. The van der Waals surface area contributed by atoms with E-state index in [4.69, 9.17) is 14.7 Å². The maximum absolute atomic E-state index is 14.2. The van der Waals surface area contributed by atoms with E-state index in [1.807, 2.05) is 13.0 Å². The first-order valence-corrected chi connectivity index (χ1v) is 15.1. The number of fused-ring (bicyclic) bond motifs is 1. The third kappa shape index (κ3) is 7.18. The van der Waals surface area contributed by atoms with Gasteiger partial charge in [0.1, 0.15) is 11.6 Å². The Kier molecular flexibility index (Phi) is 9.89. The molecule has 2 aliphatic rings. The lowest BCUT2D eigenvalue weighted by atomic mass is 9.85. The fourth-order valence-corrected chi connectivity index (χ4v) is 6.12. The monoisotopic (exact) mass is 583 g/mol. The summed E-state index contributed by atoms with van der Waals surface area (Å²) in [7, 11) is 0. The first-order valence-electron chi connectivity index (χ1n) is 15.1. The van der Waals surface area contributed by atoms with Crippen LogP contribution in [0.1, 0.15) is 58.7 Å². The molecule has 0 spiro atoms. The summed E-state index contributed by atoms with van der Waals surface area (Å²) in [5, 5.41) is 12.9. The molecule has 2 N–H and O–H groups in total. The van der Waals surface area contributed by atoms with E-state index in [-0.39, 0.29) is 5.82 Å². The van der Waals surface area contributed by atoms with Gasteiger partial charge in [-0.1, -0.05) is 26.0 Å². The minimum atomic E-state index is -2.75. The van der Waals surface area contributed by atoms with Gasteiger partial charge < -0.3 is 20.1 Å². The Morgan fingerprint density at radius 2 is 1.81 bits per heavy atom. The van der Waals surface area contributed by atoms with Crippen molar-refractivity contribution in [3.63, 3.8) is 0 Å². The number of aromatic nitrogens is 4. The number of halogens is 2. The zero-order valence-electron chi connectivity index (χ0n) is 24.8. The van der Waals surface area contributed by atoms with E-state index in [1.165, 1.54) is 10.8 Å². The third-order valence-corrected chi connectivity index (χ3v) is 8.20. The number of morpholine rings is 1. The zero-order valence-corrected chi connectivity index (χ0v) is 24.8. The summed E-state index contributed by atoms with van der Waals surface area (Å²) >= 11 is 0. The van der Waals surface area contributed by atoms with Crippen LogP contribution < -0.4 is 10.2 Å². The molecule has 0 radical (unpaired) electrons. The van der Waals surface area contributed by atoms with Crippen molar-refractivity contribution < 1.29 is 18.6 Å². The molecule has 1 saturated heterocycles. The van der Waals surface area contributed by atoms with E-state index in [9.17, 15) is 13.9 Å². The topological polar surface area (TPSA) is 91.6 Å². The number of para-hydroxylation sites is 2. The van der Waals surface area contributed by atoms with E-state index in [0.29, 0.717) is 79.3 Å². The lowest BCUT2D eigenvalue weighted by Crippen LogP contribution is -2.41. The van der Waals surface area contributed by atoms with E-state index in [1.54, 1.807) is 24.3 Å². The Bertz CT molecular complexity index is 1350. The quantitative estimate of drug-likeness (QED) is 0.267. The first kappa shape index (κ1) is 30.2. The summed E-state index contributed by atoms with van der Waals surface area (Å²) in [6, 6.07) is 9.40. The van der Waals surface area contributed by atoms with Crippen molar-refractivity contribution in [3.8, 4) is 5.82 Å². The second kappa shape index (κ2) is 13.8. The van der Waals surface area contributed by atoms with E-state index in [2.05, 4.69) is 33.9 Å². The number of nitrogens with one attached hydrogen (secondary N) is 1. The molecule has 0 unspecified atom stereocenters. The number of alkyl halides is 2. The molecule has 1 aliphatic heterocycles. The van der Waals surface area contributed by atoms with Crippen LogP contribution in [0.2, 0.25) is 0 Å². The highest BCUT2D eigenvalue weighted by Gasteiger charge is 2.27. The summed E-state index contributed by atoms with van der Waals surface area (Å²) < 4.78 is 35.3. The highest BCUT2D eigenvalue weighted by Crippen LogP contribution is 2.31. The number of rotatable bonds is 11. The number of imidazole rings is 1. The maximum Gasteiger partial charge on any atom is 0.296 e. The number of hydrogen-bond acceptors (Lipinski definition) is 8. The van der Waals surface area contributed by atoms with Gasteiger partial charge in [-0.25, -0.2) is 13.8 Å². The molecule has 11 heteroatoms. The fourth-order valence-electron chi connectivity index (χ4n) is 6.12. The van der Waals surface area contributed by atoms with Gasteiger partial charge in [0.2, 0.25) is 5.95 Å². The van der Waals surface area contributed by atoms with Gasteiger partial charge >= 0.3 is 0 Å². The molecule has 1 saturated carbocycles. The number of ether oxygens (including phenoxy) is 1. The average Bonchev–Trinajstić information content (AvgIpc) is 3.40. The Morgan fingerprint density at radius 3 is 2.50 bits per heavy atom. The number of aliphatic hydroxyl groups excluding tert-OH is 1. The number of anilines is 2. The molecular formula is C31H43F2N7O2. The van der Waals surface area contributed by atoms with Gasteiger partial charge in [-0.2, -0.15) is 9.97 Å². The lowest BCUT2D eigenvalue weighted by molar-refractivity contribution is 0.122. The Labute approximate surface area is 246 Å². The molecular weight excluding hydrogens is 540 g/mol. The van der Waals surface area contributed by atoms with Gasteiger partial charge in [0.05, 0.1) is 30.5 Å². The maximum atomic E-state index is 14.2. The molecule has 2 fully saturated rings. The smallest absolute Gasteiger partial charge is 0.296 e. The standard InChI is InChI=1S/C31H43F2N7O2/c1-21(2)18-39(19-22(3)20-41)24-10-8-23(9-11-24)17-34-31-36-27(38-12-14-42-15-13-38)16-28(37-31)40-26-7-5-4-6-25(26)35-30(40)29(32)33/h4-7,16,20-21,23-24,29,41H,8-15,17-19H2,1-3H3,(H,34,36,37)/b22-20+. The first-order chi connectivity index (χ1) is 20.3. The van der Waals surface area contributed by atoms with Crippen molar-refractivity contribution in [2.24, 2.45) is 11.8 Å². The molecule has 1 aromatic carbocycles. The molecule has 228 valence electrons. The van der Waals surface area contributed by atoms with E-state index in [0.717, 1.165) is 44.3 Å². The number of nitrogens with zero attached hydrogens (tertiary/aromatic N) is 6. The largest absolute Gasteiger partial charge is 0.516 e. The van der Waals surface area contributed by atoms with Crippen molar-refractivity contribution in [1.82, 2.24) is 24.4 Å². The molecule has 9 nitrogen and oxygen atoms in total. The van der Waals surface area contributed by atoms with E-state index >= 15 is 0 Å². The summed E-state index contributed by atoms with van der Waals surface area (Å²) in [5.74, 6) is 2.17. The van der Waals surface area contributed by atoms with Crippen molar-refractivity contribution in [3.05, 3.63) is 48.0 Å². The van der Waals surface area contributed by atoms with Crippen LogP contribution in [0.4, 0.5) is 20.5 Å². The van der Waals surface area contributed by atoms with E-state index < -0.39 is 6.43 Å². The normalized spacial score (nSPS) is 20.3. The van der Waals surface area contributed by atoms with Crippen LogP contribution in [-0.4, -0.2) is 81.5 Å². The van der Waals surface area contributed by atoms with Crippen molar-refractivity contribution in [2.75, 3.05) is 56.2 Å². The van der Waals surface area contributed by atoms with Gasteiger partial charge in [-0.3, -0.25) is 9.47 Å². The predicted octanol–water partition coefficient (Wildman–Crippen LogP) is 5.98. The second-order valence-corrected chi connectivity index (χ2v) is 12.0.